The Morgan fingerprint density at radius 3 is 2.76 bits per heavy atom. The number of phenolic OH excluding ortho intramolecular Hbond substituents is 1. The molecule has 3 rings (SSSR count). The summed E-state index contributed by atoms with van der Waals surface area (Å²) in [6.45, 7) is 0.260. The van der Waals surface area contributed by atoms with E-state index in [1.807, 2.05) is 36.4 Å². The number of fused-ring (bicyclic) bond motifs is 1. The fourth-order valence-corrected chi connectivity index (χ4v) is 3.52. The lowest BCUT2D eigenvalue weighted by atomic mass is 9.82. The van der Waals surface area contributed by atoms with Crippen LogP contribution in [0.4, 0.5) is 0 Å². The van der Waals surface area contributed by atoms with Gasteiger partial charge in [-0.3, -0.25) is 4.79 Å². The Balaban J connectivity index is 1.52. The van der Waals surface area contributed by atoms with Crippen molar-refractivity contribution < 1.29 is 15.0 Å². The van der Waals surface area contributed by atoms with Crippen molar-refractivity contribution >= 4 is 5.91 Å². The molecule has 2 atom stereocenters. The SMILES string of the molecule is O=C(NCC(O)CCc1ccccc1)C1CCCc2c(O)cccc21. The standard InChI is InChI=1S/C21H25NO3/c23-16(13-12-15-6-2-1-3-7-15)14-22-21(25)19-10-4-9-18-17(19)8-5-11-20(18)24/h1-3,5-8,11,16,19,23-24H,4,9-10,12-14H2,(H,22,25). The topological polar surface area (TPSA) is 69.6 Å². The van der Waals surface area contributed by atoms with Gasteiger partial charge in [-0.1, -0.05) is 42.5 Å². The Labute approximate surface area is 148 Å². The zero-order valence-electron chi connectivity index (χ0n) is 14.3. The Hall–Kier alpha value is -2.33. The molecule has 25 heavy (non-hydrogen) atoms. The highest BCUT2D eigenvalue weighted by molar-refractivity contribution is 5.84. The molecule has 132 valence electrons. The van der Waals surface area contributed by atoms with Crippen molar-refractivity contribution in [3.63, 3.8) is 0 Å². The number of carbonyl (C=O) groups excluding carboxylic acids is 1. The van der Waals surface area contributed by atoms with E-state index in [1.165, 1.54) is 5.56 Å². The lowest BCUT2D eigenvalue weighted by Crippen LogP contribution is -2.36. The molecule has 4 heteroatoms. The summed E-state index contributed by atoms with van der Waals surface area (Å²) in [4.78, 5) is 12.5. The van der Waals surface area contributed by atoms with Gasteiger partial charge in [0.1, 0.15) is 5.75 Å². The van der Waals surface area contributed by atoms with Crippen LogP contribution in [0, 0.1) is 0 Å². The normalized spacial score (nSPS) is 17.6. The van der Waals surface area contributed by atoms with Crippen LogP contribution in [0.1, 0.15) is 41.9 Å². The summed E-state index contributed by atoms with van der Waals surface area (Å²) in [5.41, 5.74) is 2.99. The number of amides is 1. The van der Waals surface area contributed by atoms with E-state index < -0.39 is 6.10 Å². The second-order valence-corrected chi connectivity index (χ2v) is 6.71. The van der Waals surface area contributed by atoms with E-state index in [0.717, 1.165) is 36.8 Å². The van der Waals surface area contributed by atoms with Crippen molar-refractivity contribution in [2.45, 2.75) is 44.1 Å². The number of rotatable bonds is 6. The van der Waals surface area contributed by atoms with Crippen LogP contribution in [-0.2, 0) is 17.6 Å². The van der Waals surface area contributed by atoms with Crippen molar-refractivity contribution in [2.75, 3.05) is 6.54 Å². The number of phenols is 1. The minimum atomic E-state index is -0.559. The van der Waals surface area contributed by atoms with E-state index in [9.17, 15) is 15.0 Å². The van der Waals surface area contributed by atoms with Gasteiger partial charge in [-0.25, -0.2) is 0 Å². The highest BCUT2D eigenvalue weighted by Gasteiger charge is 2.27. The minimum Gasteiger partial charge on any atom is -0.508 e. The molecule has 1 aliphatic rings. The molecule has 0 aliphatic heterocycles. The van der Waals surface area contributed by atoms with Crippen LogP contribution >= 0.6 is 0 Å². The Morgan fingerprint density at radius 1 is 1.16 bits per heavy atom. The van der Waals surface area contributed by atoms with Gasteiger partial charge in [-0.2, -0.15) is 0 Å². The van der Waals surface area contributed by atoms with Crippen LogP contribution in [0.2, 0.25) is 0 Å². The number of benzene rings is 2. The summed E-state index contributed by atoms with van der Waals surface area (Å²) in [5.74, 6) is -0.0274. The zero-order valence-corrected chi connectivity index (χ0v) is 14.3. The molecular weight excluding hydrogens is 314 g/mol. The third kappa shape index (κ3) is 4.40. The second-order valence-electron chi connectivity index (χ2n) is 6.71. The molecule has 0 saturated heterocycles. The maximum Gasteiger partial charge on any atom is 0.227 e. The first-order chi connectivity index (χ1) is 12.1. The van der Waals surface area contributed by atoms with Crippen molar-refractivity contribution in [2.24, 2.45) is 0 Å². The molecule has 0 bridgehead atoms. The number of hydrogen-bond acceptors (Lipinski definition) is 3. The van der Waals surface area contributed by atoms with Crippen molar-refractivity contribution in [1.29, 1.82) is 0 Å². The fourth-order valence-electron chi connectivity index (χ4n) is 3.52. The smallest absolute Gasteiger partial charge is 0.227 e. The summed E-state index contributed by atoms with van der Waals surface area (Å²) in [7, 11) is 0. The lowest BCUT2D eigenvalue weighted by Gasteiger charge is -2.25. The van der Waals surface area contributed by atoms with Crippen LogP contribution in [-0.4, -0.2) is 28.8 Å². The number of aromatic hydroxyl groups is 1. The lowest BCUT2D eigenvalue weighted by molar-refractivity contribution is -0.123. The molecule has 1 amide bonds. The molecular formula is C21H25NO3. The van der Waals surface area contributed by atoms with Gasteiger partial charge in [0.2, 0.25) is 5.91 Å². The summed E-state index contributed by atoms with van der Waals surface area (Å²) >= 11 is 0. The maximum absolute atomic E-state index is 12.5. The van der Waals surface area contributed by atoms with Crippen LogP contribution in [0.5, 0.6) is 5.75 Å². The highest BCUT2D eigenvalue weighted by Crippen LogP contribution is 2.36. The number of aliphatic hydroxyl groups excluding tert-OH is 1. The van der Waals surface area contributed by atoms with Crippen LogP contribution in [0.25, 0.3) is 0 Å². The van der Waals surface area contributed by atoms with Gasteiger partial charge in [0.05, 0.1) is 12.0 Å². The van der Waals surface area contributed by atoms with E-state index in [4.69, 9.17) is 0 Å². The Bertz CT molecular complexity index is 714. The van der Waals surface area contributed by atoms with E-state index in [-0.39, 0.29) is 24.1 Å². The van der Waals surface area contributed by atoms with Gasteiger partial charge < -0.3 is 15.5 Å². The molecule has 2 aromatic carbocycles. The Kier molecular flexibility index (Phi) is 5.71. The van der Waals surface area contributed by atoms with E-state index >= 15 is 0 Å². The number of aliphatic hydroxyl groups is 1. The molecule has 0 radical (unpaired) electrons. The molecule has 0 fully saturated rings. The average molecular weight is 339 g/mol. The summed E-state index contributed by atoms with van der Waals surface area (Å²) in [6, 6.07) is 15.4. The first kappa shape index (κ1) is 17.5. The quantitative estimate of drug-likeness (QED) is 0.758. The van der Waals surface area contributed by atoms with Crippen molar-refractivity contribution in [3.05, 3.63) is 65.2 Å². The molecule has 0 aromatic heterocycles. The van der Waals surface area contributed by atoms with Gasteiger partial charge in [-0.05, 0) is 54.9 Å². The summed E-state index contributed by atoms with van der Waals surface area (Å²) in [6.07, 6.45) is 3.33. The molecule has 0 saturated carbocycles. The maximum atomic E-state index is 12.5. The Morgan fingerprint density at radius 2 is 1.96 bits per heavy atom. The van der Waals surface area contributed by atoms with Gasteiger partial charge in [0, 0.05) is 6.54 Å². The molecule has 0 spiro atoms. The van der Waals surface area contributed by atoms with Crippen LogP contribution in [0.3, 0.4) is 0 Å². The van der Waals surface area contributed by atoms with Gasteiger partial charge in [0.15, 0.2) is 0 Å². The van der Waals surface area contributed by atoms with Crippen molar-refractivity contribution in [1.82, 2.24) is 5.32 Å². The molecule has 2 aromatic rings. The fraction of sp³-hybridized carbons (Fsp3) is 0.381. The molecule has 4 nitrogen and oxygen atoms in total. The average Bonchev–Trinajstić information content (AvgIpc) is 2.65. The van der Waals surface area contributed by atoms with E-state index in [1.54, 1.807) is 12.1 Å². The van der Waals surface area contributed by atoms with E-state index in [2.05, 4.69) is 5.32 Å². The predicted molar refractivity (Wildman–Crippen MR) is 97.6 cm³/mol. The van der Waals surface area contributed by atoms with Crippen molar-refractivity contribution in [3.8, 4) is 5.75 Å². The number of nitrogens with one attached hydrogen (secondary N) is 1. The third-order valence-corrected chi connectivity index (χ3v) is 4.92. The third-order valence-electron chi connectivity index (χ3n) is 4.92. The van der Waals surface area contributed by atoms with Crippen LogP contribution in [0.15, 0.2) is 48.5 Å². The largest absolute Gasteiger partial charge is 0.508 e. The first-order valence-electron chi connectivity index (χ1n) is 8.95. The number of hydrogen-bond donors (Lipinski definition) is 3. The highest BCUT2D eigenvalue weighted by atomic mass is 16.3. The van der Waals surface area contributed by atoms with Gasteiger partial charge >= 0.3 is 0 Å². The summed E-state index contributed by atoms with van der Waals surface area (Å²) < 4.78 is 0. The molecule has 1 aliphatic carbocycles. The van der Waals surface area contributed by atoms with Gasteiger partial charge in [-0.15, -0.1) is 0 Å². The number of aryl methyl sites for hydroxylation is 1. The minimum absolute atomic E-state index is 0.0645. The van der Waals surface area contributed by atoms with Gasteiger partial charge in [0.25, 0.3) is 0 Å². The molecule has 0 heterocycles. The first-order valence-corrected chi connectivity index (χ1v) is 8.95. The second kappa shape index (κ2) is 8.17. The predicted octanol–water partition coefficient (Wildman–Crippen LogP) is 2.92. The number of carbonyl (C=O) groups is 1. The summed E-state index contributed by atoms with van der Waals surface area (Å²) in [5, 5.41) is 23.0. The monoisotopic (exact) mass is 339 g/mol. The zero-order chi connectivity index (χ0) is 17.6. The van der Waals surface area contributed by atoms with E-state index in [0.29, 0.717) is 6.42 Å². The molecule has 2 unspecified atom stereocenters. The molecule has 3 N–H and O–H groups in total. The van der Waals surface area contributed by atoms with Crippen LogP contribution < -0.4 is 5.32 Å².